The van der Waals surface area contributed by atoms with Gasteiger partial charge in [-0.2, -0.15) is 5.26 Å². The second-order valence-corrected chi connectivity index (χ2v) is 12.4. The summed E-state index contributed by atoms with van der Waals surface area (Å²) >= 11 is 1.61. The molecule has 1 aliphatic rings. The third-order valence-electron chi connectivity index (χ3n) is 7.29. The molecule has 9 heteroatoms. The van der Waals surface area contributed by atoms with Gasteiger partial charge in [-0.3, -0.25) is 9.69 Å². The van der Waals surface area contributed by atoms with E-state index in [1.54, 1.807) is 22.3 Å². The Morgan fingerprint density at radius 3 is 2.33 bits per heavy atom. The first-order valence-corrected chi connectivity index (χ1v) is 14.3. The zero-order valence-corrected chi connectivity index (χ0v) is 24.8. The lowest BCUT2D eigenvalue weighted by atomic mass is 9.91. The zero-order valence-electron chi connectivity index (χ0n) is 23.9. The van der Waals surface area contributed by atoms with Crippen LogP contribution in [-0.2, 0) is 17.8 Å². The Kier molecular flexibility index (Phi) is 6.66. The van der Waals surface area contributed by atoms with Crippen LogP contribution < -0.4 is 0 Å². The first kappa shape index (κ1) is 27.4. The minimum Gasteiger partial charge on any atom is -0.444 e. The highest BCUT2D eigenvalue weighted by molar-refractivity contribution is 7.15. The van der Waals surface area contributed by atoms with Crippen LogP contribution in [0.2, 0.25) is 0 Å². The van der Waals surface area contributed by atoms with E-state index >= 15 is 0 Å². The standard InChI is InChI=1S/C33H28N4O4S/c1-18-22(8-6-10-24(18)30-35-26-13-20(17-38)12-21(14-34)29(26)40-30)23-9-7-11-25(19(23)2)31-36-27-15-37(16-28(27)42-31)32(39)41-33(3,4)5/h6-13,17H,15-16H2,1-5H3. The molecule has 0 spiro atoms. The highest BCUT2D eigenvalue weighted by Crippen LogP contribution is 2.40. The van der Waals surface area contributed by atoms with E-state index in [1.807, 2.05) is 45.9 Å². The van der Waals surface area contributed by atoms with E-state index in [1.165, 1.54) is 6.07 Å². The van der Waals surface area contributed by atoms with Gasteiger partial charge in [-0.05, 0) is 75.1 Å². The number of nitriles is 1. The summed E-state index contributed by atoms with van der Waals surface area (Å²) in [4.78, 5) is 36.2. The first-order valence-electron chi connectivity index (χ1n) is 13.5. The lowest BCUT2D eigenvalue weighted by molar-refractivity contribution is 0.0241. The van der Waals surface area contributed by atoms with Crippen LogP contribution in [0, 0.1) is 25.2 Å². The third kappa shape index (κ3) is 4.84. The first-order chi connectivity index (χ1) is 20.1. The van der Waals surface area contributed by atoms with Crippen molar-refractivity contribution in [3.63, 3.8) is 0 Å². The normalized spacial score (nSPS) is 12.8. The predicted molar refractivity (Wildman–Crippen MR) is 161 cm³/mol. The summed E-state index contributed by atoms with van der Waals surface area (Å²) in [5, 5.41) is 10.5. The molecule has 0 atom stereocenters. The molecule has 0 N–H and O–H groups in total. The second-order valence-electron chi connectivity index (χ2n) is 11.3. The number of carbonyl (C=O) groups excluding carboxylic acids is 2. The molecule has 3 heterocycles. The number of hydrogen-bond acceptors (Lipinski definition) is 8. The lowest BCUT2D eigenvalue weighted by Crippen LogP contribution is -2.33. The molecule has 5 aromatic rings. The Morgan fingerprint density at radius 2 is 1.69 bits per heavy atom. The van der Waals surface area contributed by atoms with Crippen LogP contribution in [0.15, 0.2) is 52.9 Å². The number of thiazole rings is 1. The molecule has 0 unspecified atom stereocenters. The summed E-state index contributed by atoms with van der Waals surface area (Å²) in [7, 11) is 0. The minimum atomic E-state index is -0.543. The molecule has 0 saturated heterocycles. The number of oxazole rings is 1. The number of ether oxygens (including phenoxy) is 1. The monoisotopic (exact) mass is 576 g/mol. The fourth-order valence-electron chi connectivity index (χ4n) is 5.25. The van der Waals surface area contributed by atoms with Crippen LogP contribution in [0.3, 0.4) is 0 Å². The van der Waals surface area contributed by atoms with Gasteiger partial charge in [-0.15, -0.1) is 11.3 Å². The van der Waals surface area contributed by atoms with Gasteiger partial charge >= 0.3 is 6.09 Å². The summed E-state index contributed by atoms with van der Waals surface area (Å²) < 4.78 is 11.6. The van der Waals surface area contributed by atoms with Crippen LogP contribution in [0.1, 0.15) is 58.4 Å². The molecule has 0 radical (unpaired) electrons. The van der Waals surface area contributed by atoms with Crippen molar-refractivity contribution < 1.29 is 18.7 Å². The fraction of sp³-hybridized carbons (Fsp3) is 0.242. The van der Waals surface area contributed by atoms with Crippen molar-refractivity contribution in [1.82, 2.24) is 14.9 Å². The molecule has 2 aromatic heterocycles. The maximum Gasteiger partial charge on any atom is 0.410 e. The molecular formula is C33H28N4O4S. The van der Waals surface area contributed by atoms with Gasteiger partial charge in [0, 0.05) is 21.6 Å². The average molecular weight is 577 g/mol. The van der Waals surface area contributed by atoms with Crippen molar-refractivity contribution in [3.8, 4) is 39.2 Å². The number of carbonyl (C=O) groups is 2. The van der Waals surface area contributed by atoms with Crippen LogP contribution in [0.25, 0.3) is 44.3 Å². The Labute approximate surface area is 247 Å². The number of rotatable bonds is 4. The number of aromatic nitrogens is 2. The van der Waals surface area contributed by atoms with Crippen LogP contribution >= 0.6 is 11.3 Å². The number of aldehydes is 1. The van der Waals surface area contributed by atoms with Gasteiger partial charge in [0.2, 0.25) is 5.89 Å². The highest BCUT2D eigenvalue weighted by Gasteiger charge is 2.31. The predicted octanol–water partition coefficient (Wildman–Crippen LogP) is 7.84. The van der Waals surface area contributed by atoms with Crippen LogP contribution in [-0.4, -0.2) is 32.8 Å². The van der Waals surface area contributed by atoms with Crippen molar-refractivity contribution in [2.75, 3.05) is 0 Å². The number of amides is 1. The van der Waals surface area contributed by atoms with Gasteiger partial charge in [-0.1, -0.05) is 30.3 Å². The van der Waals surface area contributed by atoms with E-state index in [2.05, 4.69) is 36.2 Å². The van der Waals surface area contributed by atoms with Gasteiger partial charge in [0.15, 0.2) is 5.58 Å². The summed E-state index contributed by atoms with van der Waals surface area (Å²) in [6.45, 7) is 10.6. The summed E-state index contributed by atoms with van der Waals surface area (Å²) in [6.07, 6.45) is 0.375. The summed E-state index contributed by atoms with van der Waals surface area (Å²) in [6, 6.07) is 17.4. The maximum absolute atomic E-state index is 12.6. The average Bonchev–Trinajstić information content (AvgIpc) is 3.65. The second kappa shape index (κ2) is 10.2. The Hall–Kier alpha value is -4.81. The van der Waals surface area contributed by atoms with Crippen molar-refractivity contribution in [2.45, 2.75) is 53.3 Å². The number of fused-ring (bicyclic) bond motifs is 2. The van der Waals surface area contributed by atoms with Crippen molar-refractivity contribution in [3.05, 3.63) is 81.4 Å². The third-order valence-corrected chi connectivity index (χ3v) is 8.41. The Morgan fingerprint density at radius 1 is 1.02 bits per heavy atom. The van der Waals surface area contributed by atoms with E-state index in [0.717, 1.165) is 49.0 Å². The molecule has 0 bridgehead atoms. The molecule has 0 aliphatic carbocycles. The van der Waals surface area contributed by atoms with E-state index in [-0.39, 0.29) is 11.7 Å². The molecule has 42 heavy (non-hydrogen) atoms. The van der Waals surface area contributed by atoms with E-state index in [4.69, 9.17) is 14.1 Å². The van der Waals surface area contributed by atoms with Gasteiger partial charge < -0.3 is 9.15 Å². The van der Waals surface area contributed by atoms with Crippen LogP contribution in [0.5, 0.6) is 0 Å². The van der Waals surface area contributed by atoms with Gasteiger partial charge in [-0.25, -0.2) is 14.8 Å². The number of nitrogens with zero attached hydrogens (tertiary/aromatic N) is 4. The summed E-state index contributed by atoms with van der Waals surface area (Å²) in [5.41, 5.74) is 7.87. The van der Waals surface area contributed by atoms with Crippen molar-refractivity contribution in [2.24, 2.45) is 0 Å². The van der Waals surface area contributed by atoms with E-state index in [9.17, 15) is 14.9 Å². The van der Waals surface area contributed by atoms with Gasteiger partial charge in [0.05, 0.1) is 24.3 Å². The van der Waals surface area contributed by atoms with Gasteiger partial charge in [0.25, 0.3) is 0 Å². The highest BCUT2D eigenvalue weighted by atomic mass is 32.1. The zero-order chi connectivity index (χ0) is 29.8. The molecule has 210 valence electrons. The largest absolute Gasteiger partial charge is 0.444 e. The minimum absolute atomic E-state index is 0.273. The molecule has 1 amide bonds. The molecule has 1 aliphatic heterocycles. The quantitative estimate of drug-likeness (QED) is 0.201. The van der Waals surface area contributed by atoms with E-state index in [0.29, 0.717) is 41.9 Å². The molecule has 6 rings (SSSR count). The fourth-order valence-corrected chi connectivity index (χ4v) is 6.42. The maximum atomic E-state index is 12.6. The number of benzene rings is 3. The van der Waals surface area contributed by atoms with E-state index < -0.39 is 5.60 Å². The molecule has 0 fully saturated rings. The molecule has 3 aromatic carbocycles. The Balaban J connectivity index is 1.33. The lowest BCUT2D eigenvalue weighted by Gasteiger charge is -2.24. The molecule has 0 saturated carbocycles. The smallest absolute Gasteiger partial charge is 0.410 e. The Bertz CT molecular complexity index is 1920. The van der Waals surface area contributed by atoms with Crippen molar-refractivity contribution >= 4 is 34.8 Å². The van der Waals surface area contributed by atoms with Crippen LogP contribution in [0.4, 0.5) is 4.79 Å². The van der Waals surface area contributed by atoms with Crippen molar-refractivity contribution in [1.29, 1.82) is 5.26 Å². The SMILES string of the molecule is Cc1c(-c2nc3cc(C=O)cc(C#N)c3o2)cccc1-c1cccc(-c2nc3c(s2)CN(C(=O)OC(C)(C)C)C3)c1C. The molecular weight excluding hydrogens is 548 g/mol. The topological polar surface area (TPSA) is 109 Å². The number of hydrogen-bond donors (Lipinski definition) is 0. The van der Waals surface area contributed by atoms with Gasteiger partial charge in [0.1, 0.15) is 28.5 Å². The molecule has 8 nitrogen and oxygen atoms in total. The summed E-state index contributed by atoms with van der Waals surface area (Å²) in [5.74, 6) is 0.392.